The number of rotatable bonds is 6. The van der Waals surface area contributed by atoms with Crippen molar-refractivity contribution in [3.63, 3.8) is 0 Å². The Morgan fingerprint density at radius 2 is 1.71 bits per heavy atom. The molecule has 0 aliphatic carbocycles. The highest BCUT2D eigenvalue weighted by Crippen LogP contribution is 2.12. The van der Waals surface area contributed by atoms with E-state index in [1.165, 1.54) is 42.5 Å². The fourth-order valence-corrected chi connectivity index (χ4v) is 2.42. The Labute approximate surface area is 138 Å². The molecule has 2 aromatic carbocycles. The fraction of sp³-hybridized carbons (Fsp3) is 0.125. The van der Waals surface area contributed by atoms with Gasteiger partial charge in [0.05, 0.1) is 11.8 Å². The van der Waals surface area contributed by atoms with E-state index >= 15 is 0 Å². The number of Topliss-reactive ketones (excluding diaryl/α,β-unsaturated/α-hetero) is 1. The van der Waals surface area contributed by atoms with Crippen molar-refractivity contribution in [1.29, 1.82) is 0 Å². The molecular weight excluding hydrogens is 337 g/mol. The maximum atomic E-state index is 13.4. The molecule has 0 aliphatic rings. The predicted molar refractivity (Wildman–Crippen MR) is 85.9 cm³/mol. The number of sulfonamides is 1. The van der Waals surface area contributed by atoms with Crippen molar-refractivity contribution in [3.05, 3.63) is 65.5 Å². The van der Waals surface area contributed by atoms with Crippen LogP contribution in [-0.4, -0.2) is 33.0 Å². The topological polar surface area (TPSA) is 89.5 Å². The summed E-state index contributed by atoms with van der Waals surface area (Å²) in [4.78, 5) is 23.7. The molecule has 0 heterocycles. The molecule has 24 heavy (non-hydrogen) atoms. The molecule has 0 aromatic heterocycles. The third-order valence-corrected chi connectivity index (χ3v) is 3.54. The van der Waals surface area contributed by atoms with Gasteiger partial charge >= 0.3 is 5.97 Å². The summed E-state index contributed by atoms with van der Waals surface area (Å²) in [6.45, 7) is -0.550. The lowest BCUT2D eigenvalue weighted by Crippen LogP contribution is -2.15. The summed E-state index contributed by atoms with van der Waals surface area (Å²) in [6.07, 6.45) is 1.01. The minimum atomic E-state index is -3.41. The van der Waals surface area contributed by atoms with Crippen molar-refractivity contribution >= 4 is 27.5 Å². The average molecular weight is 351 g/mol. The number of benzene rings is 2. The fourth-order valence-electron chi connectivity index (χ4n) is 1.86. The lowest BCUT2D eigenvalue weighted by molar-refractivity contribution is 0.0470. The van der Waals surface area contributed by atoms with Crippen LogP contribution in [0.2, 0.25) is 0 Å². The molecule has 0 atom stereocenters. The molecule has 0 spiro atoms. The largest absolute Gasteiger partial charge is 0.454 e. The van der Waals surface area contributed by atoms with Crippen LogP contribution in [0.5, 0.6) is 0 Å². The molecule has 0 amide bonds. The van der Waals surface area contributed by atoms with Gasteiger partial charge < -0.3 is 4.74 Å². The SMILES string of the molecule is CS(=O)(=O)Nc1ccc(C(=O)COC(=O)c2ccccc2F)cc1. The highest BCUT2D eigenvalue weighted by Gasteiger charge is 2.15. The summed E-state index contributed by atoms with van der Waals surface area (Å²) in [5.41, 5.74) is 0.283. The number of ketones is 1. The molecule has 0 aliphatic heterocycles. The molecule has 0 saturated carbocycles. The highest BCUT2D eigenvalue weighted by molar-refractivity contribution is 7.92. The lowest BCUT2D eigenvalue weighted by atomic mass is 10.1. The van der Waals surface area contributed by atoms with Crippen LogP contribution in [0.3, 0.4) is 0 Å². The zero-order valence-electron chi connectivity index (χ0n) is 12.7. The summed E-state index contributed by atoms with van der Waals surface area (Å²) >= 11 is 0. The first-order valence-electron chi connectivity index (χ1n) is 6.79. The van der Waals surface area contributed by atoms with Gasteiger partial charge in [-0.1, -0.05) is 12.1 Å². The van der Waals surface area contributed by atoms with E-state index in [0.717, 1.165) is 12.3 Å². The number of halogens is 1. The number of anilines is 1. The predicted octanol–water partition coefficient (Wildman–Crippen LogP) is 2.24. The van der Waals surface area contributed by atoms with Gasteiger partial charge in [0.2, 0.25) is 10.0 Å². The van der Waals surface area contributed by atoms with E-state index in [1.807, 2.05) is 0 Å². The second-order valence-corrected chi connectivity index (χ2v) is 6.68. The summed E-state index contributed by atoms with van der Waals surface area (Å²) in [5.74, 6) is -2.16. The van der Waals surface area contributed by atoms with Gasteiger partial charge in [-0.3, -0.25) is 9.52 Å². The van der Waals surface area contributed by atoms with Crippen LogP contribution in [0.15, 0.2) is 48.5 Å². The van der Waals surface area contributed by atoms with E-state index in [1.54, 1.807) is 0 Å². The van der Waals surface area contributed by atoms with E-state index in [2.05, 4.69) is 4.72 Å². The van der Waals surface area contributed by atoms with E-state index in [9.17, 15) is 22.4 Å². The first kappa shape index (κ1) is 17.6. The number of hydrogen-bond acceptors (Lipinski definition) is 5. The molecule has 2 aromatic rings. The zero-order chi connectivity index (χ0) is 17.7. The summed E-state index contributed by atoms with van der Waals surface area (Å²) in [7, 11) is -3.41. The molecule has 0 bridgehead atoms. The van der Waals surface area contributed by atoms with Crippen LogP contribution >= 0.6 is 0 Å². The van der Waals surface area contributed by atoms with Gasteiger partial charge in [0.15, 0.2) is 12.4 Å². The molecule has 6 nitrogen and oxygen atoms in total. The van der Waals surface area contributed by atoms with Crippen LogP contribution < -0.4 is 4.72 Å². The first-order chi connectivity index (χ1) is 11.3. The summed E-state index contributed by atoms with van der Waals surface area (Å²) in [6, 6.07) is 10.9. The van der Waals surface area contributed by atoms with Crippen molar-refractivity contribution in [2.45, 2.75) is 0 Å². The Balaban J connectivity index is 1.98. The van der Waals surface area contributed by atoms with Gasteiger partial charge in [0, 0.05) is 11.3 Å². The molecule has 1 N–H and O–H groups in total. The van der Waals surface area contributed by atoms with E-state index < -0.39 is 34.2 Å². The monoisotopic (exact) mass is 351 g/mol. The smallest absolute Gasteiger partial charge is 0.341 e. The molecule has 0 fully saturated rings. The van der Waals surface area contributed by atoms with Crippen molar-refractivity contribution < 1.29 is 27.1 Å². The van der Waals surface area contributed by atoms with Crippen LogP contribution in [0.4, 0.5) is 10.1 Å². The van der Waals surface area contributed by atoms with Crippen molar-refractivity contribution in [2.75, 3.05) is 17.6 Å². The second kappa shape index (κ2) is 7.22. The Morgan fingerprint density at radius 1 is 1.08 bits per heavy atom. The third-order valence-electron chi connectivity index (χ3n) is 2.94. The zero-order valence-corrected chi connectivity index (χ0v) is 13.5. The number of carbonyl (C=O) groups is 2. The number of carbonyl (C=O) groups excluding carboxylic acids is 2. The quantitative estimate of drug-likeness (QED) is 0.637. The molecule has 2 rings (SSSR count). The van der Waals surface area contributed by atoms with Gasteiger partial charge in [-0.25, -0.2) is 17.6 Å². The van der Waals surface area contributed by atoms with Crippen LogP contribution in [0.1, 0.15) is 20.7 Å². The van der Waals surface area contributed by atoms with Crippen LogP contribution in [0.25, 0.3) is 0 Å². The van der Waals surface area contributed by atoms with Crippen molar-refractivity contribution in [1.82, 2.24) is 0 Å². The minimum Gasteiger partial charge on any atom is -0.454 e. The van der Waals surface area contributed by atoms with Crippen molar-refractivity contribution in [2.24, 2.45) is 0 Å². The van der Waals surface area contributed by atoms with E-state index in [0.29, 0.717) is 5.69 Å². The maximum absolute atomic E-state index is 13.4. The number of hydrogen-bond donors (Lipinski definition) is 1. The minimum absolute atomic E-state index is 0.232. The van der Waals surface area contributed by atoms with Crippen LogP contribution in [-0.2, 0) is 14.8 Å². The lowest BCUT2D eigenvalue weighted by Gasteiger charge is -2.07. The van der Waals surface area contributed by atoms with Crippen molar-refractivity contribution in [3.8, 4) is 0 Å². The molecule has 0 radical (unpaired) electrons. The molecule has 126 valence electrons. The third kappa shape index (κ3) is 4.88. The Hall–Kier alpha value is -2.74. The Kier molecular flexibility index (Phi) is 5.30. The molecule has 0 saturated heterocycles. The first-order valence-corrected chi connectivity index (χ1v) is 8.68. The number of esters is 1. The van der Waals surface area contributed by atoms with E-state index in [-0.39, 0.29) is 11.1 Å². The standard InChI is InChI=1S/C16H14FNO5S/c1-24(21,22)18-12-8-6-11(7-9-12)15(19)10-23-16(20)13-4-2-3-5-14(13)17/h2-9,18H,10H2,1H3. The highest BCUT2D eigenvalue weighted by atomic mass is 32.2. The maximum Gasteiger partial charge on any atom is 0.341 e. The Bertz CT molecular complexity index is 862. The Morgan fingerprint density at radius 3 is 2.29 bits per heavy atom. The summed E-state index contributed by atoms with van der Waals surface area (Å²) in [5, 5.41) is 0. The van der Waals surface area contributed by atoms with Gasteiger partial charge in [0.1, 0.15) is 5.82 Å². The normalized spacial score (nSPS) is 10.9. The summed E-state index contributed by atoms with van der Waals surface area (Å²) < 4.78 is 42.7. The van der Waals surface area contributed by atoms with E-state index in [4.69, 9.17) is 4.74 Å². The number of ether oxygens (including phenoxy) is 1. The van der Waals surface area contributed by atoms with Gasteiger partial charge in [-0.2, -0.15) is 0 Å². The molecule has 8 heteroatoms. The van der Waals surface area contributed by atoms with Crippen LogP contribution in [0, 0.1) is 5.82 Å². The molecular formula is C16H14FNO5S. The van der Waals surface area contributed by atoms with Gasteiger partial charge in [-0.05, 0) is 36.4 Å². The van der Waals surface area contributed by atoms with Gasteiger partial charge in [-0.15, -0.1) is 0 Å². The second-order valence-electron chi connectivity index (χ2n) is 4.93. The molecule has 0 unspecified atom stereocenters. The average Bonchev–Trinajstić information content (AvgIpc) is 2.52. The number of nitrogens with one attached hydrogen (secondary N) is 1. The van der Waals surface area contributed by atoms with Gasteiger partial charge in [0.25, 0.3) is 0 Å².